The molecular formula is C10H17N3O2. The van der Waals surface area contributed by atoms with Gasteiger partial charge in [0.1, 0.15) is 0 Å². The van der Waals surface area contributed by atoms with Gasteiger partial charge in [-0.1, -0.05) is 11.6 Å². The Balaban J connectivity index is 1.82. The Hall–Kier alpha value is -0.940. The highest BCUT2D eigenvalue weighted by molar-refractivity contribution is 4.87. The molecule has 1 aromatic heterocycles. The van der Waals surface area contributed by atoms with Gasteiger partial charge in [0.05, 0.1) is 6.54 Å². The summed E-state index contributed by atoms with van der Waals surface area (Å²) in [6.07, 6.45) is 3.43. The van der Waals surface area contributed by atoms with Crippen LogP contribution in [0.25, 0.3) is 0 Å². The molecule has 2 unspecified atom stereocenters. The van der Waals surface area contributed by atoms with Crippen LogP contribution in [0, 0.1) is 12.8 Å². The van der Waals surface area contributed by atoms with Gasteiger partial charge in [0.25, 0.3) is 0 Å². The molecule has 2 rings (SSSR count). The van der Waals surface area contributed by atoms with E-state index in [1.54, 1.807) is 6.92 Å². The molecule has 0 aromatic carbocycles. The van der Waals surface area contributed by atoms with Gasteiger partial charge in [-0.25, -0.2) is 0 Å². The van der Waals surface area contributed by atoms with E-state index in [0.717, 1.165) is 12.8 Å². The highest BCUT2D eigenvalue weighted by Gasteiger charge is 2.26. The lowest BCUT2D eigenvalue weighted by atomic mass is 10.1. The van der Waals surface area contributed by atoms with Crippen molar-refractivity contribution in [3.63, 3.8) is 0 Å². The van der Waals surface area contributed by atoms with Crippen LogP contribution >= 0.6 is 0 Å². The summed E-state index contributed by atoms with van der Waals surface area (Å²) in [6, 6.07) is 0.397. The molecule has 0 bridgehead atoms. The summed E-state index contributed by atoms with van der Waals surface area (Å²) in [5.74, 6) is 1.67. The van der Waals surface area contributed by atoms with Crippen LogP contribution in [0.5, 0.6) is 0 Å². The molecule has 1 aliphatic rings. The Labute approximate surface area is 88.9 Å². The number of aliphatic hydroxyl groups excluding tert-OH is 1. The molecule has 5 heteroatoms. The second kappa shape index (κ2) is 4.72. The molecule has 15 heavy (non-hydrogen) atoms. The maximum absolute atomic E-state index is 9.15. The predicted octanol–water partition coefficient (Wildman–Crippen LogP) is 0.629. The number of rotatable bonds is 4. The number of aromatic nitrogens is 2. The van der Waals surface area contributed by atoms with Gasteiger partial charge in [0, 0.05) is 19.6 Å². The van der Waals surface area contributed by atoms with Crippen LogP contribution in [-0.2, 0) is 6.54 Å². The third-order valence-electron chi connectivity index (χ3n) is 2.99. The Kier molecular flexibility index (Phi) is 3.33. The van der Waals surface area contributed by atoms with Crippen LogP contribution in [0.2, 0.25) is 0 Å². The van der Waals surface area contributed by atoms with Gasteiger partial charge in [-0.05, 0) is 18.8 Å². The zero-order chi connectivity index (χ0) is 10.7. The lowest BCUT2D eigenvalue weighted by molar-refractivity contribution is 0.204. The Morgan fingerprint density at radius 3 is 3.07 bits per heavy atom. The van der Waals surface area contributed by atoms with Gasteiger partial charge in [-0.2, -0.15) is 4.98 Å². The average molecular weight is 211 g/mol. The first-order valence-electron chi connectivity index (χ1n) is 5.43. The fourth-order valence-electron chi connectivity index (χ4n) is 2.16. The monoisotopic (exact) mass is 211 g/mol. The number of hydrogen-bond acceptors (Lipinski definition) is 5. The third-order valence-corrected chi connectivity index (χ3v) is 2.99. The van der Waals surface area contributed by atoms with E-state index in [1.165, 1.54) is 6.42 Å². The van der Waals surface area contributed by atoms with Crippen molar-refractivity contribution >= 4 is 0 Å². The van der Waals surface area contributed by atoms with Gasteiger partial charge in [-0.15, -0.1) is 0 Å². The molecule has 0 spiro atoms. The summed E-state index contributed by atoms with van der Waals surface area (Å²) in [4.78, 5) is 4.12. The van der Waals surface area contributed by atoms with Crippen LogP contribution in [0.3, 0.4) is 0 Å². The largest absolute Gasteiger partial charge is 0.396 e. The summed E-state index contributed by atoms with van der Waals surface area (Å²) >= 11 is 0. The van der Waals surface area contributed by atoms with Gasteiger partial charge >= 0.3 is 0 Å². The Morgan fingerprint density at radius 1 is 1.53 bits per heavy atom. The van der Waals surface area contributed by atoms with Gasteiger partial charge in [0.2, 0.25) is 5.89 Å². The molecule has 84 valence electrons. The summed E-state index contributed by atoms with van der Waals surface area (Å²) < 4.78 is 4.88. The van der Waals surface area contributed by atoms with Crippen molar-refractivity contribution in [3.05, 3.63) is 11.7 Å². The van der Waals surface area contributed by atoms with Crippen molar-refractivity contribution < 1.29 is 9.63 Å². The fourth-order valence-corrected chi connectivity index (χ4v) is 2.16. The first kappa shape index (κ1) is 10.6. The molecule has 1 fully saturated rings. The third kappa shape index (κ3) is 2.54. The first-order chi connectivity index (χ1) is 7.29. The molecular weight excluding hydrogens is 194 g/mol. The summed E-state index contributed by atoms with van der Waals surface area (Å²) in [7, 11) is 0. The zero-order valence-corrected chi connectivity index (χ0v) is 8.94. The van der Waals surface area contributed by atoms with Crippen molar-refractivity contribution in [3.8, 4) is 0 Å². The van der Waals surface area contributed by atoms with E-state index in [1.807, 2.05) is 0 Å². The standard InChI is InChI=1S/C10H17N3O2/c1-7-12-10(13-15-7)5-11-9-4-2-3-8(9)6-14/h8-9,11,14H,2-6H2,1H3. The van der Waals surface area contributed by atoms with E-state index in [2.05, 4.69) is 15.5 Å². The van der Waals surface area contributed by atoms with E-state index >= 15 is 0 Å². The molecule has 1 heterocycles. The molecule has 0 amide bonds. The maximum Gasteiger partial charge on any atom is 0.223 e. The summed E-state index contributed by atoms with van der Waals surface area (Å²) in [5.41, 5.74) is 0. The molecule has 2 atom stereocenters. The minimum absolute atomic E-state index is 0.267. The molecule has 5 nitrogen and oxygen atoms in total. The van der Waals surface area contributed by atoms with E-state index in [9.17, 15) is 0 Å². The SMILES string of the molecule is Cc1nc(CNC2CCCC2CO)no1. The highest BCUT2D eigenvalue weighted by atomic mass is 16.5. The van der Waals surface area contributed by atoms with Gasteiger partial charge in [-0.3, -0.25) is 0 Å². The van der Waals surface area contributed by atoms with E-state index < -0.39 is 0 Å². The van der Waals surface area contributed by atoms with E-state index in [-0.39, 0.29) is 6.61 Å². The fraction of sp³-hybridized carbons (Fsp3) is 0.800. The Bertz CT molecular complexity index is 313. The quantitative estimate of drug-likeness (QED) is 0.764. The van der Waals surface area contributed by atoms with Crippen molar-refractivity contribution in [2.45, 2.75) is 38.8 Å². The number of nitrogens with one attached hydrogen (secondary N) is 1. The molecule has 1 aromatic rings. The molecule has 0 aliphatic heterocycles. The first-order valence-corrected chi connectivity index (χ1v) is 5.43. The zero-order valence-electron chi connectivity index (χ0n) is 8.94. The van der Waals surface area contributed by atoms with E-state index in [4.69, 9.17) is 9.63 Å². The van der Waals surface area contributed by atoms with Gasteiger partial charge < -0.3 is 14.9 Å². The lowest BCUT2D eigenvalue weighted by Crippen LogP contribution is -2.33. The highest BCUT2D eigenvalue weighted by Crippen LogP contribution is 2.25. The van der Waals surface area contributed by atoms with Crippen LogP contribution in [0.1, 0.15) is 31.0 Å². The second-order valence-electron chi connectivity index (χ2n) is 4.09. The number of nitrogens with zero attached hydrogens (tertiary/aromatic N) is 2. The normalized spacial score (nSPS) is 26.0. The minimum atomic E-state index is 0.267. The molecule has 0 saturated heterocycles. The second-order valence-corrected chi connectivity index (χ2v) is 4.09. The van der Waals surface area contributed by atoms with Crippen LogP contribution in [0.15, 0.2) is 4.52 Å². The predicted molar refractivity (Wildman–Crippen MR) is 54.1 cm³/mol. The molecule has 1 saturated carbocycles. The minimum Gasteiger partial charge on any atom is -0.396 e. The number of aliphatic hydroxyl groups is 1. The van der Waals surface area contributed by atoms with Crippen molar-refractivity contribution in [1.29, 1.82) is 0 Å². The van der Waals surface area contributed by atoms with Crippen LogP contribution in [0.4, 0.5) is 0 Å². The maximum atomic E-state index is 9.15. The number of aryl methyl sites for hydroxylation is 1. The van der Waals surface area contributed by atoms with Crippen LogP contribution < -0.4 is 5.32 Å². The van der Waals surface area contributed by atoms with Crippen molar-refractivity contribution in [2.75, 3.05) is 6.61 Å². The van der Waals surface area contributed by atoms with Crippen molar-refractivity contribution in [2.24, 2.45) is 5.92 Å². The van der Waals surface area contributed by atoms with Gasteiger partial charge in [0.15, 0.2) is 5.82 Å². The Morgan fingerprint density at radius 2 is 2.40 bits per heavy atom. The average Bonchev–Trinajstić information content (AvgIpc) is 2.83. The van der Waals surface area contributed by atoms with Crippen LogP contribution in [-0.4, -0.2) is 27.9 Å². The molecule has 0 radical (unpaired) electrons. The smallest absolute Gasteiger partial charge is 0.223 e. The van der Waals surface area contributed by atoms with E-state index in [0.29, 0.717) is 30.2 Å². The summed E-state index contributed by atoms with van der Waals surface area (Å²) in [5, 5.41) is 16.3. The topological polar surface area (TPSA) is 71.2 Å². The molecule has 2 N–H and O–H groups in total. The lowest BCUT2D eigenvalue weighted by Gasteiger charge is -2.17. The molecule has 1 aliphatic carbocycles. The van der Waals surface area contributed by atoms with Crippen molar-refractivity contribution in [1.82, 2.24) is 15.5 Å². The number of hydrogen-bond donors (Lipinski definition) is 2. The summed E-state index contributed by atoms with van der Waals surface area (Å²) in [6.45, 7) is 2.67.